The average Bonchev–Trinajstić information content (AvgIpc) is 2.95. The molecule has 0 amide bonds. The average molecular weight is 284 g/mol. The Morgan fingerprint density at radius 2 is 2.26 bits per heavy atom. The Morgan fingerprint density at radius 3 is 2.89 bits per heavy atom. The second kappa shape index (κ2) is 4.29. The van der Waals surface area contributed by atoms with Crippen molar-refractivity contribution in [2.24, 2.45) is 11.3 Å². The minimum absolute atomic E-state index is 0.0200. The summed E-state index contributed by atoms with van der Waals surface area (Å²) in [5.74, 6) is 0.205. The van der Waals surface area contributed by atoms with Crippen LogP contribution in [0.2, 0.25) is 5.15 Å². The van der Waals surface area contributed by atoms with E-state index < -0.39 is 0 Å². The number of fused-ring (bicyclic) bond motifs is 1. The highest BCUT2D eigenvalue weighted by Crippen LogP contribution is 2.53. The van der Waals surface area contributed by atoms with E-state index in [0.717, 1.165) is 6.42 Å². The lowest BCUT2D eigenvalue weighted by Crippen LogP contribution is -2.19. The summed E-state index contributed by atoms with van der Waals surface area (Å²) in [5.41, 5.74) is 6.32. The van der Waals surface area contributed by atoms with Gasteiger partial charge in [-0.3, -0.25) is 0 Å². The molecule has 1 saturated carbocycles. The van der Waals surface area contributed by atoms with Crippen LogP contribution >= 0.6 is 11.6 Å². The Bertz CT molecular complexity index is 631. The minimum atomic E-state index is -0.297. The maximum absolute atomic E-state index is 9.51. The largest absolute Gasteiger partial charge is 0.396 e. The molecule has 1 aliphatic carbocycles. The van der Waals surface area contributed by atoms with Gasteiger partial charge in [-0.05, 0) is 12.3 Å². The number of halogens is 1. The molecule has 2 aromatic rings. The van der Waals surface area contributed by atoms with E-state index >= 15 is 0 Å². The van der Waals surface area contributed by atoms with Crippen molar-refractivity contribution >= 4 is 28.7 Å². The highest BCUT2D eigenvalue weighted by Gasteiger charge is 2.53. The summed E-state index contributed by atoms with van der Waals surface area (Å²) in [4.78, 5) is 12.1. The van der Waals surface area contributed by atoms with Crippen molar-refractivity contribution in [2.45, 2.75) is 13.0 Å². The molecule has 0 saturated heterocycles. The zero-order chi connectivity index (χ0) is 13.6. The molecule has 0 unspecified atom stereocenters. The second-order valence-electron chi connectivity index (χ2n) is 5.02. The normalized spacial score (nSPS) is 25.9. The molecule has 0 aromatic carbocycles. The van der Waals surface area contributed by atoms with Crippen LogP contribution in [0.1, 0.15) is 6.42 Å². The number of imidazole rings is 1. The maximum Gasteiger partial charge on any atom is 0.223 e. The van der Waals surface area contributed by atoms with Crippen molar-refractivity contribution in [3.8, 4) is 0 Å². The molecule has 0 spiro atoms. The fourth-order valence-corrected chi connectivity index (χ4v) is 2.73. The van der Waals surface area contributed by atoms with Gasteiger partial charge in [-0.1, -0.05) is 11.6 Å². The van der Waals surface area contributed by atoms with Crippen molar-refractivity contribution in [1.29, 1.82) is 0 Å². The summed E-state index contributed by atoms with van der Waals surface area (Å²) < 4.78 is 1.80. The third-order valence-corrected chi connectivity index (χ3v) is 4.08. The fourth-order valence-electron chi connectivity index (χ4n) is 2.51. The minimum Gasteiger partial charge on any atom is -0.396 e. The van der Waals surface area contributed by atoms with Crippen molar-refractivity contribution in [3.05, 3.63) is 11.5 Å². The highest BCUT2D eigenvalue weighted by atomic mass is 35.5. The van der Waals surface area contributed by atoms with Gasteiger partial charge < -0.3 is 20.5 Å². The molecule has 1 aliphatic rings. The number of aliphatic hydroxyl groups is 2. The van der Waals surface area contributed by atoms with Crippen LogP contribution in [-0.4, -0.2) is 42.9 Å². The third kappa shape index (κ3) is 1.94. The van der Waals surface area contributed by atoms with Crippen LogP contribution in [0.25, 0.3) is 11.2 Å². The van der Waals surface area contributed by atoms with Crippen LogP contribution in [0.15, 0.2) is 6.33 Å². The lowest BCUT2D eigenvalue weighted by molar-refractivity contribution is 0.159. The summed E-state index contributed by atoms with van der Waals surface area (Å²) in [7, 11) is 0. The first-order chi connectivity index (χ1) is 9.09. The number of hydrogen-bond acceptors (Lipinski definition) is 6. The van der Waals surface area contributed by atoms with E-state index in [-0.39, 0.29) is 35.6 Å². The zero-order valence-corrected chi connectivity index (χ0v) is 10.9. The molecule has 0 aliphatic heterocycles. The second-order valence-corrected chi connectivity index (χ2v) is 5.38. The fraction of sp³-hybridized carbons (Fsp3) is 0.545. The van der Waals surface area contributed by atoms with Gasteiger partial charge in [0.1, 0.15) is 5.52 Å². The summed E-state index contributed by atoms with van der Waals surface area (Å²) in [6.07, 6.45) is 2.39. The predicted molar refractivity (Wildman–Crippen MR) is 69.5 cm³/mol. The van der Waals surface area contributed by atoms with Gasteiger partial charge in [0.2, 0.25) is 5.95 Å². The van der Waals surface area contributed by atoms with Crippen LogP contribution in [0.5, 0.6) is 0 Å². The molecule has 2 heterocycles. The van der Waals surface area contributed by atoms with E-state index in [2.05, 4.69) is 15.0 Å². The molecular weight excluding hydrogens is 270 g/mol. The zero-order valence-electron chi connectivity index (χ0n) is 10.1. The number of aromatic nitrogens is 4. The lowest BCUT2D eigenvalue weighted by atomic mass is 10.1. The number of nitrogen functional groups attached to an aromatic ring is 1. The molecule has 2 atom stereocenters. The standard InChI is InChI=1S/C11H14ClN5O2/c12-8-7-9(16-10(13)15-8)17(5-14-7)3-11(4-19)1-6(11)2-18/h5-6,18-19H,1-4H2,(H2,13,15,16)/t6-,11-/m0/s1. The summed E-state index contributed by atoms with van der Waals surface area (Å²) in [6.45, 7) is 0.620. The summed E-state index contributed by atoms with van der Waals surface area (Å²) in [5, 5.41) is 18.9. The van der Waals surface area contributed by atoms with E-state index in [1.807, 2.05) is 0 Å². The van der Waals surface area contributed by atoms with Gasteiger partial charge in [0, 0.05) is 18.6 Å². The molecule has 7 nitrogen and oxygen atoms in total. The quantitative estimate of drug-likeness (QED) is 0.684. The summed E-state index contributed by atoms with van der Waals surface area (Å²) >= 11 is 5.96. The predicted octanol–water partition coefficient (Wildman–Crippen LogP) is 0.0528. The molecular formula is C11H14ClN5O2. The van der Waals surface area contributed by atoms with Gasteiger partial charge in [-0.15, -0.1) is 0 Å². The number of aliphatic hydroxyl groups excluding tert-OH is 2. The van der Waals surface area contributed by atoms with Crippen LogP contribution in [0, 0.1) is 11.3 Å². The van der Waals surface area contributed by atoms with Crippen LogP contribution < -0.4 is 5.73 Å². The molecule has 4 N–H and O–H groups in total. The Labute approximate surface area is 114 Å². The summed E-state index contributed by atoms with van der Waals surface area (Å²) in [6, 6.07) is 0. The van der Waals surface area contributed by atoms with Crippen LogP contribution in [0.4, 0.5) is 5.95 Å². The number of nitrogens with two attached hydrogens (primary N) is 1. The van der Waals surface area contributed by atoms with Crippen LogP contribution in [-0.2, 0) is 6.54 Å². The molecule has 1 fully saturated rings. The molecule has 19 heavy (non-hydrogen) atoms. The first-order valence-corrected chi connectivity index (χ1v) is 6.33. The van der Waals surface area contributed by atoms with E-state index in [0.29, 0.717) is 17.7 Å². The maximum atomic E-state index is 9.51. The van der Waals surface area contributed by atoms with Crippen molar-refractivity contribution in [1.82, 2.24) is 19.5 Å². The van der Waals surface area contributed by atoms with Crippen molar-refractivity contribution in [2.75, 3.05) is 18.9 Å². The number of anilines is 1. The number of hydrogen-bond donors (Lipinski definition) is 3. The van der Waals surface area contributed by atoms with Gasteiger partial charge >= 0.3 is 0 Å². The van der Waals surface area contributed by atoms with Crippen molar-refractivity contribution in [3.63, 3.8) is 0 Å². The molecule has 2 aromatic heterocycles. The highest BCUT2D eigenvalue weighted by molar-refractivity contribution is 6.33. The van der Waals surface area contributed by atoms with Gasteiger partial charge in [-0.2, -0.15) is 9.97 Å². The molecule has 0 radical (unpaired) electrons. The van der Waals surface area contributed by atoms with Gasteiger partial charge in [0.25, 0.3) is 0 Å². The first-order valence-electron chi connectivity index (χ1n) is 5.95. The van der Waals surface area contributed by atoms with Crippen molar-refractivity contribution < 1.29 is 10.2 Å². The van der Waals surface area contributed by atoms with E-state index in [4.69, 9.17) is 17.3 Å². The number of rotatable bonds is 4. The Hall–Kier alpha value is -1.44. The Balaban J connectivity index is 1.98. The Kier molecular flexibility index (Phi) is 2.84. The first kappa shape index (κ1) is 12.6. The monoisotopic (exact) mass is 283 g/mol. The lowest BCUT2D eigenvalue weighted by Gasteiger charge is -2.14. The van der Waals surface area contributed by atoms with E-state index in [1.54, 1.807) is 10.9 Å². The molecule has 8 heteroatoms. The number of nitrogens with zero attached hydrogens (tertiary/aromatic N) is 4. The van der Waals surface area contributed by atoms with Gasteiger partial charge in [0.05, 0.1) is 12.9 Å². The smallest absolute Gasteiger partial charge is 0.223 e. The van der Waals surface area contributed by atoms with Gasteiger partial charge in [-0.25, -0.2) is 4.98 Å². The third-order valence-electron chi connectivity index (χ3n) is 3.82. The molecule has 3 rings (SSSR count). The van der Waals surface area contributed by atoms with E-state index in [1.165, 1.54) is 0 Å². The van der Waals surface area contributed by atoms with E-state index in [9.17, 15) is 10.2 Å². The topological polar surface area (TPSA) is 110 Å². The van der Waals surface area contributed by atoms with Crippen LogP contribution in [0.3, 0.4) is 0 Å². The van der Waals surface area contributed by atoms with Gasteiger partial charge in [0.15, 0.2) is 10.8 Å². The SMILES string of the molecule is Nc1nc(Cl)c2ncn(C[C@]3(CO)C[C@H]3CO)c2n1. The molecule has 102 valence electrons. The molecule has 0 bridgehead atoms. The Morgan fingerprint density at radius 1 is 1.47 bits per heavy atom.